The number of amidine groups is 1. The second-order valence-corrected chi connectivity index (χ2v) is 9.99. The minimum Gasteiger partial charge on any atom is -0.326 e. The summed E-state index contributed by atoms with van der Waals surface area (Å²) in [5.74, 6) is 0.585. The molecule has 4 N–H and O–H groups in total. The number of anilines is 2. The molecular weight excluding hydrogens is 450 g/mol. The smallest absolute Gasteiger partial charge is 0.324 e. The third kappa shape index (κ3) is 8.22. The molecule has 9 heteroatoms. The van der Waals surface area contributed by atoms with Gasteiger partial charge in [0, 0.05) is 17.1 Å². The second kappa shape index (κ2) is 11.7. The van der Waals surface area contributed by atoms with Crippen LogP contribution in [0.3, 0.4) is 0 Å². The Kier molecular flexibility index (Phi) is 8.70. The molecule has 0 aromatic heterocycles. The first-order valence-electron chi connectivity index (χ1n) is 11.2. The van der Waals surface area contributed by atoms with Gasteiger partial charge in [-0.15, -0.1) is 11.8 Å². The first-order chi connectivity index (χ1) is 16.2. The SMILES string of the molecule is CC(C)(C)C1=CC(NC(=O)Nc2ccc(NC(=O)CSCC(=O)NC3=CCCC=C3)cc2)=NC1. The molecule has 180 valence electrons. The molecule has 0 radical (unpaired) electrons. The molecule has 0 atom stereocenters. The molecule has 1 aliphatic carbocycles. The van der Waals surface area contributed by atoms with Crippen LogP contribution in [-0.4, -0.2) is 41.7 Å². The first kappa shape index (κ1) is 25.3. The Morgan fingerprint density at radius 1 is 0.912 bits per heavy atom. The Hall–Kier alpha value is -3.33. The standard InChI is InChI=1S/C25H31N5O3S/c1-25(2,3)17-13-21(26-14-17)30-24(33)29-20-11-9-19(10-12-20)28-23(32)16-34-15-22(31)27-18-7-5-4-6-8-18/h5,7-13H,4,6,14-16H2,1-3H3,(H,27,31)(H,28,32)(H2,26,29,30,33). The maximum absolute atomic E-state index is 12.2. The average molecular weight is 482 g/mol. The number of carbonyl (C=O) groups is 3. The first-order valence-corrected chi connectivity index (χ1v) is 12.3. The van der Waals surface area contributed by atoms with Crippen LogP contribution in [0.1, 0.15) is 33.6 Å². The number of urea groups is 1. The van der Waals surface area contributed by atoms with Crippen molar-refractivity contribution in [2.24, 2.45) is 10.4 Å². The van der Waals surface area contributed by atoms with Crippen LogP contribution in [-0.2, 0) is 9.59 Å². The fourth-order valence-corrected chi connectivity index (χ4v) is 3.83. The third-order valence-corrected chi connectivity index (χ3v) is 6.04. The summed E-state index contributed by atoms with van der Waals surface area (Å²) in [5, 5.41) is 11.1. The van der Waals surface area contributed by atoms with E-state index in [4.69, 9.17) is 0 Å². The highest BCUT2D eigenvalue weighted by molar-refractivity contribution is 8.00. The molecule has 0 unspecified atom stereocenters. The minimum absolute atomic E-state index is 0.0128. The fourth-order valence-electron chi connectivity index (χ4n) is 3.21. The molecule has 1 aromatic rings. The van der Waals surface area contributed by atoms with E-state index in [0.717, 1.165) is 18.5 Å². The highest BCUT2D eigenvalue weighted by Gasteiger charge is 2.21. The fraction of sp³-hybridized carbons (Fsp3) is 0.360. The maximum atomic E-state index is 12.2. The molecule has 0 bridgehead atoms. The van der Waals surface area contributed by atoms with Crippen LogP contribution in [0, 0.1) is 5.41 Å². The molecule has 0 fully saturated rings. The molecule has 4 amide bonds. The lowest BCUT2D eigenvalue weighted by atomic mass is 9.87. The lowest BCUT2D eigenvalue weighted by molar-refractivity contribution is -0.117. The molecule has 2 aliphatic rings. The number of rotatable bonds is 7. The van der Waals surface area contributed by atoms with Gasteiger partial charge in [-0.05, 0) is 60.2 Å². The Labute approximate surface area is 204 Å². The van der Waals surface area contributed by atoms with Gasteiger partial charge in [0.25, 0.3) is 0 Å². The van der Waals surface area contributed by atoms with Gasteiger partial charge in [0.1, 0.15) is 5.84 Å². The highest BCUT2D eigenvalue weighted by Crippen LogP contribution is 2.27. The van der Waals surface area contributed by atoms with Crippen LogP contribution < -0.4 is 21.3 Å². The van der Waals surface area contributed by atoms with Crippen molar-refractivity contribution in [1.29, 1.82) is 0 Å². The predicted octanol–water partition coefficient (Wildman–Crippen LogP) is 4.21. The van der Waals surface area contributed by atoms with Crippen molar-refractivity contribution in [3.8, 4) is 0 Å². The number of aliphatic imine (C=N–C) groups is 1. The molecule has 34 heavy (non-hydrogen) atoms. The van der Waals surface area contributed by atoms with Crippen molar-refractivity contribution < 1.29 is 14.4 Å². The van der Waals surface area contributed by atoms with Gasteiger partial charge in [-0.25, -0.2) is 4.79 Å². The number of thioether (sulfide) groups is 1. The number of nitrogens with one attached hydrogen (secondary N) is 4. The van der Waals surface area contributed by atoms with Gasteiger partial charge in [-0.2, -0.15) is 0 Å². The Morgan fingerprint density at radius 3 is 2.15 bits per heavy atom. The zero-order valence-electron chi connectivity index (χ0n) is 19.7. The predicted molar refractivity (Wildman–Crippen MR) is 139 cm³/mol. The van der Waals surface area contributed by atoms with Crippen LogP contribution in [0.2, 0.25) is 0 Å². The third-order valence-electron chi connectivity index (χ3n) is 5.11. The van der Waals surface area contributed by atoms with Gasteiger partial charge in [0.15, 0.2) is 0 Å². The van der Waals surface area contributed by atoms with Gasteiger partial charge >= 0.3 is 6.03 Å². The maximum Gasteiger partial charge on any atom is 0.324 e. The number of amides is 4. The van der Waals surface area contributed by atoms with E-state index in [1.54, 1.807) is 24.3 Å². The Bertz CT molecular complexity index is 1050. The van der Waals surface area contributed by atoms with Crippen LogP contribution in [0.25, 0.3) is 0 Å². The number of hydrogen-bond donors (Lipinski definition) is 4. The van der Waals surface area contributed by atoms with E-state index in [0.29, 0.717) is 23.8 Å². The molecule has 1 heterocycles. The van der Waals surface area contributed by atoms with Crippen LogP contribution in [0.15, 0.2) is 64.8 Å². The van der Waals surface area contributed by atoms with Crippen molar-refractivity contribution in [3.63, 3.8) is 0 Å². The van der Waals surface area contributed by atoms with E-state index in [9.17, 15) is 14.4 Å². The van der Waals surface area contributed by atoms with Crippen molar-refractivity contribution >= 4 is 46.8 Å². The lowest BCUT2D eigenvalue weighted by Crippen LogP contribution is -2.32. The second-order valence-electron chi connectivity index (χ2n) is 9.01. The quantitative estimate of drug-likeness (QED) is 0.467. The highest BCUT2D eigenvalue weighted by atomic mass is 32.2. The molecular formula is C25H31N5O3S. The van der Waals surface area contributed by atoms with E-state index in [1.807, 2.05) is 24.3 Å². The zero-order chi connectivity index (χ0) is 24.6. The molecule has 1 aliphatic heterocycles. The van der Waals surface area contributed by atoms with Gasteiger partial charge in [0.2, 0.25) is 11.8 Å². The van der Waals surface area contributed by atoms with Gasteiger partial charge < -0.3 is 16.0 Å². The van der Waals surface area contributed by atoms with Gasteiger partial charge in [-0.1, -0.05) is 32.9 Å². The number of carbonyl (C=O) groups excluding carboxylic acids is 3. The summed E-state index contributed by atoms with van der Waals surface area (Å²) in [7, 11) is 0. The van der Waals surface area contributed by atoms with Gasteiger partial charge in [-0.3, -0.25) is 19.9 Å². The van der Waals surface area contributed by atoms with E-state index >= 15 is 0 Å². The van der Waals surface area contributed by atoms with E-state index in [2.05, 4.69) is 47.0 Å². The Morgan fingerprint density at radius 2 is 1.56 bits per heavy atom. The van der Waals surface area contributed by atoms with Crippen LogP contribution in [0.5, 0.6) is 0 Å². The Balaban J connectivity index is 1.37. The molecule has 1 aromatic carbocycles. The molecule has 3 rings (SSSR count). The number of benzene rings is 1. The number of allylic oxidation sites excluding steroid dienone is 3. The topological polar surface area (TPSA) is 112 Å². The number of nitrogens with zero attached hydrogens (tertiary/aromatic N) is 1. The summed E-state index contributed by atoms with van der Waals surface area (Å²) in [6.07, 6.45) is 9.72. The number of hydrogen-bond acceptors (Lipinski definition) is 5. The van der Waals surface area contributed by atoms with Crippen molar-refractivity contribution in [2.45, 2.75) is 33.6 Å². The lowest BCUT2D eigenvalue weighted by Gasteiger charge is -2.18. The van der Waals surface area contributed by atoms with E-state index < -0.39 is 0 Å². The van der Waals surface area contributed by atoms with E-state index in [-0.39, 0.29) is 34.8 Å². The summed E-state index contributed by atoms with van der Waals surface area (Å²) in [4.78, 5) is 40.7. The van der Waals surface area contributed by atoms with Crippen molar-refractivity contribution in [3.05, 3.63) is 59.8 Å². The largest absolute Gasteiger partial charge is 0.326 e. The average Bonchev–Trinajstić information content (AvgIpc) is 3.25. The van der Waals surface area contributed by atoms with Crippen LogP contribution >= 0.6 is 11.8 Å². The summed E-state index contributed by atoms with van der Waals surface area (Å²) < 4.78 is 0. The minimum atomic E-state index is -0.379. The molecule has 0 spiro atoms. The van der Waals surface area contributed by atoms with Crippen molar-refractivity contribution in [2.75, 3.05) is 28.7 Å². The summed E-state index contributed by atoms with van der Waals surface area (Å²) in [5.41, 5.74) is 3.19. The summed E-state index contributed by atoms with van der Waals surface area (Å²) in [6.45, 7) is 6.93. The molecule has 0 saturated carbocycles. The van der Waals surface area contributed by atoms with Crippen LogP contribution in [0.4, 0.5) is 16.2 Å². The molecule has 8 nitrogen and oxygen atoms in total. The molecule has 0 saturated heterocycles. The van der Waals surface area contributed by atoms with Gasteiger partial charge in [0.05, 0.1) is 18.1 Å². The van der Waals surface area contributed by atoms with Crippen molar-refractivity contribution in [1.82, 2.24) is 10.6 Å². The van der Waals surface area contributed by atoms with E-state index in [1.165, 1.54) is 17.3 Å². The zero-order valence-corrected chi connectivity index (χ0v) is 20.6. The monoisotopic (exact) mass is 481 g/mol. The normalized spacial score (nSPS) is 15.1. The summed E-state index contributed by atoms with van der Waals surface area (Å²) >= 11 is 1.25. The summed E-state index contributed by atoms with van der Waals surface area (Å²) in [6, 6.07) is 6.44.